The van der Waals surface area contributed by atoms with Crippen molar-refractivity contribution in [2.75, 3.05) is 35.0 Å². The first-order chi connectivity index (χ1) is 42.4. The Labute approximate surface area is 507 Å². The van der Waals surface area contributed by atoms with E-state index in [4.69, 9.17) is 80.5 Å². The zero-order valence-corrected chi connectivity index (χ0v) is 49.8. The Morgan fingerprint density at radius 3 is 1.33 bits per heavy atom. The van der Waals surface area contributed by atoms with Gasteiger partial charge in [0, 0.05) is 5.92 Å². The summed E-state index contributed by atoms with van der Waals surface area (Å²) < 4.78 is 99.4. The Morgan fingerprint density at radius 2 is 0.852 bits per heavy atom. The first-order valence-electron chi connectivity index (χ1n) is 28.5. The van der Waals surface area contributed by atoms with Crippen LogP contribution in [0.3, 0.4) is 0 Å². The highest BCUT2D eigenvalue weighted by Crippen LogP contribution is 2.41. The number of benzene rings is 3. The molecule has 4 aliphatic rings. The lowest BCUT2D eigenvalue weighted by molar-refractivity contribution is -0.312. The van der Waals surface area contributed by atoms with Crippen molar-refractivity contribution in [1.82, 2.24) is 16.0 Å². The Bertz CT molecular complexity index is 2720. The lowest BCUT2D eigenvalue weighted by Crippen LogP contribution is -2.67. The maximum atomic E-state index is 13.9. The SMILES string of the molecule is CC[C@@H]1O[C@H](O[C@H]2[C@@H](OC(=O)OC)[C@H](O[C@@H]3[C@@H](OC(=O)OC)[C@H](NC(=O)OCc4ccccc4)C[C@H](C)[C@H]3O[C@H]3O[C@H](CO)[C@@H](O)[C@H](C)[C@H]3NC(=O)OCc3ccccc3)O[C@@H]2CC)[C@H](NC(=O)OCc2ccccc2)[C@@H](OC(=O)OC)[C@@H]1OC(=O)OC. The number of carbonyl (C=O) groups excluding carboxylic acids is 7. The first kappa shape index (κ1) is 67.7. The number of aliphatic hydroxyl groups excluding tert-OH is 2. The maximum absolute atomic E-state index is 13.9. The predicted molar refractivity (Wildman–Crippen MR) is 297 cm³/mol. The molecule has 0 spiro atoms. The normalized spacial score (nSPS) is 30.8. The van der Waals surface area contributed by atoms with Gasteiger partial charge in [-0.15, -0.1) is 0 Å². The van der Waals surface area contributed by atoms with Crippen LogP contribution in [0, 0.1) is 11.8 Å². The summed E-state index contributed by atoms with van der Waals surface area (Å²) in [5, 5.41) is 30.0. The van der Waals surface area contributed by atoms with E-state index in [0.717, 1.165) is 28.4 Å². The van der Waals surface area contributed by atoms with E-state index in [9.17, 15) is 43.8 Å². The lowest BCUT2D eigenvalue weighted by atomic mass is 9.79. The zero-order chi connectivity index (χ0) is 63.4. The van der Waals surface area contributed by atoms with Crippen LogP contribution in [-0.2, 0) is 100 Å². The van der Waals surface area contributed by atoms with Crippen LogP contribution in [0.25, 0.3) is 0 Å². The number of hydrogen-bond acceptors (Lipinski definition) is 26. The highest BCUT2D eigenvalue weighted by molar-refractivity contribution is 5.69. The van der Waals surface area contributed by atoms with Crippen molar-refractivity contribution in [1.29, 1.82) is 0 Å². The molecule has 3 heterocycles. The molecule has 3 saturated heterocycles. The molecule has 29 nitrogen and oxygen atoms in total. The quantitative estimate of drug-likeness (QED) is 0.0598. The molecular formula is C59H77N3O26. The van der Waals surface area contributed by atoms with Gasteiger partial charge in [-0.25, -0.2) is 33.6 Å². The molecule has 5 N–H and O–H groups in total. The van der Waals surface area contributed by atoms with Crippen molar-refractivity contribution in [2.45, 2.75) is 171 Å². The Balaban J connectivity index is 1.28. The van der Waals surface area contributed by atoms with Gasteiger partial charge < -0.3 is 107 Å². The third-order valence-corrected chi connectivity index (χ3v) is 15.2. The van der Waals surface area contributed by atoms with Gasteiger partial charge in [-0.05, 0) is 41.9 Å². The molecule has 19 atom stereocenters. The largest absolute Gasteiger partial charge is 0.508 e. The summed E-state index contributed by atoms with van der Waals surface area (Å²) in [6.45, 7) is 5.39. The first-order valence-corrected chi connectivity index (χ1v) is 28.5. The van der Waals surface area contributed by atoms with E-state index in [1.165, 1.54) is 0 Å². The number of amides is 3. The van der Waals surface area contributed by atoms with Gasteiger partial charge in [-0.2, -0.15) is 0 Å². The molecule has 7 rings (SSSR count). The summed E-state index contributed by atoms with van der Waals surface area (Å²) in [4.78, 5) is 94.2. The van der Waals surface area contributed by atoms with Gasteiger partial charge in [0.05, 0.1) is 65.4 Å². The monoisotopic (exact) mass is 1240 g/mol. The van der Waals surface area contributed by atoms with Gasteiger partial charge in [0.2, 0.25) is 0 Å². The fourth-order valence-corrected chi connectivity index (χ4v) is 10.7. The third kappa shape index (κ3) is 17.9. The van der Waals surface area contributed by atoms with Gasteiger partial charge in [-0.3, -0.25) is 0 Å². The molecule has 1 aliphatic carbocycles. The van der Waals surface area contributed by atoms with Crippen molar-refractivity contribution in [3.63, 3.8) is 0 Å². The summed E-state index contributed by atoms with van der Waals surface area (Å²) in [5.74, 6) is -1.67. The highest BCUT2D eigenvalue weighted by Gasteiger charge is 2.59. The number of aliphatic hydroxyl groups is 2. The number of methoxy groups -OCH3 is 4. The summed E-state index contributed by atoms with van der Waals surface area (Å²) in [5.41, 5.74) is 1.92. The highest BCUT2D eigenvalue weighted by atomic mass is 16.8. The lowest BCUT2D eigenvalue weighted by Gasteiger charge is -2.49. The van der Waals surface area contributed by atoms with Crippen molar-refractivity contribution in [3.05, 3.63) is 108 Å². The standard InChI is InChI=1S/C59H77N3O26/c1-9-37-45(86-57(69)73-6)47(87-58(70)74-7)41(62-55(67)78-30-35-24-18-13-19-25-35)51(79-37)83-46-38(10-2)80-52(49(46)88-59(71)75-8)84-48-43(31(3)26-36(44(48)85-56(68)72-5)60-53(65)76-28-33-20-14-11-15-21-33)82-50-40(32(4)42(64)39(27-63)81-50)61-54(66)77-29-34-22-16-12-17-23-34/h11-25,31-32,36-52,63-64H,9-10,26-30H2,1-8H3,(H,60,65)(H,61,66)(H,62,67)/t31-,32+,36+,37-,38+,39+,40+,41+,42-,43+,44-,45+,46+,47+,48-,49+,50+,51+,52-/m0/s1. The molecule has 29 heteroatoms. The average Bonchev–Trinajstić information content (AvgIpc) is 2.32. The number of ether oxygens (including phenoxy) is 17. The smallest absolute Gasteiger partial charge is 0.445 e. The van der Waals surface area contributed by atoms with Crippen LogP contribution >= 0.6 is 0 Å². The number of rotatable bonds is 22. The summed E-state index contributed by atoms with van der Waals surface area (Å²) >= 11 is 0. The number of carbonyl (C=O) groups is 7. The minimum Gasteiger partial charge on any atom is -0.445 e. The molecular weight excluding hydrogens is 1170 g/mol. The Hall–Kier alpha value is -7.77. The van der Waals surface area contributed by atoms with Crippen LogP contribution in [0.15, 0.2) is 91.0 Å². The minimum absolute atomic E-state index is 0.0461. The van der Waals surface area contributed by atoms with E-state index in [1.807, 2.05) is 0 Å². The Morgan fingerprint density at radius 1 is 0.466 bits per heavy atom. The fraction of sp³-hybridized carbons (Fsp3) is 0.576. The minimum atomic E-state index is -1.80. The predicted octanol–water partition coefficient (Wildman–Crippen LogP) is 5.66. The number of alkyl carbamates (subject to hydrolysis) is 3. The van der Waals surface area contributed by atoms with Gasteiger partial charge in [0.1, 0.15) is 50.3 Å². The summed E-state index contributed by atoms with van der Waals surface area (Å²) in [6.07, 6.45) is -29.1. The van der Waals surface area contributed by atoms with Crippen LogP contribution in [0.4, 0.5) is 33.6 Å². The van der Waals surface area contributed by atoms with Crippen molar-refractivity contribution in [2.24, 2.45) is 11.8 Å². The average molecular weight is 1240 g/mol. The molecule has 0 radical (unpaired) electrons. The number of hydrogen-bond donors (Lipinski definition) is 5. The maximum Gasteiger partial charge on any atom is 0.508 e. The van der Waals surface area contributed by atoms with Crippen LogP contribution in [0.2, 0.25) is 0 Å². The van der Waals surface area contributed by atoms with Crippen molar-refractivity contribution >= 4 is 42.9 Å². The van der Waals surface area contributed by atoms with Gasteiger partial charge >= 0.3 is 42.9 Å². The van der Waals surface area contributed by atoms with Crippen molar-refractivity contribution in [3.8, 4) is 0 Å². The molecule has 88 heavy (non-hydrogen) atoms. The van der Waals surface area contributed by atoms with E-state index in [2.05, 4.69) is 16.0 Å². The molecule has 3 amide bonds. The second-order valence-electron chi connectivity index (χ2n) is 20.9. The molecule has 0 bridgehead atoms. The topological polar surface area (TPSA) is 353 Å². The van der Waals surface area contributed by atoms with E-state index in [-0.39, 0.29) is 39.1 Å². The Kier molecular flexibility index (Phi) is 25.4. The molecule has 3 aromatic carbocycles. The molecule has 484 valence electrons. The van der Waals surface area contributed by atoms with Crippen molar-refractivity contribution < 1.29 is 124 Å². The van der Waals surface area contributed by atoms with Gasteiger partial charge in [-0.1, -0.05) is 119 Å². The molecule has 0 unspecified atom stereocenters. The molecule has 0 aromatic heterocycles. The van der Waals surface area contributed by atoms with Gasteiger partial charge in [0.15, 0.2) is 43.3 Å². The van der Waals surface area contributed by atoms with E-state index in [1.54, 1.807) is 119 Å². The molecule has 4 fully saturated rings. The summed E-state index contributed by atoms with van der Waals surface area (Å²) in [7, 11) is 4.13. The van der Waals surface area contributed by atoms with Crippen LogP contribution in [0.5, 0.6) is 0 Å². The van der Waals surface area contributed by atoms with E-state index >= 15 is 0 Å². The molecule has 1 saturated carbocycles. The zero-order valence-electron chi connectivity index (χ0n) is 49.8. The van der Waals surface area contributed by atoms with Crippen LogP contribution in [0.1, 0.15) is 63.6 Å². The van der Waals surface area contributed by atoms with E-state index in [0.29, 0.717) is 16.7 Å². The van der Waals surface area contributed by atoms with Crippen LogP contribution in [-0.4, -0.2) is 192 Å². The van der Waals surface area contributed by atoms with Gasteiger partial charge in [0.25, 0.3) is 0 Å². The van der Waals surface area contributed by atoms with E-state index < -0.39 is 165 Å². The second kappa shape index (κ2) is 33.0. The number of nitrogens with one attached hydrogen (secondary N) is 3. The fourth-order valence-electron chi connectivity index (χ4n) is 10.7. The molecule has 3 aliphatic heterocycles. The van der Waals surface area contributed by atoms with Crippen LogP contribution < -0.4 is 16.0 Å². The third-order valence-electron chi connectivity index (χ3n) is 15.2. The molecule has 3 aromatic rings. The second-order valence-corrected chi connectivity index (χ2v) is 20.9. The summed E-state index contributed by atoms with van der Waals surface area (Å²) in [6, 6.07) is 22.2.